The fraction of sp³-hybridized carbons (Fsp3) is 0.467. The van der Waals surface area contributed by atoms with Crippen LogP contribution >= 0.6 is 12.2 Å². The van der Waals surface area contributed by atoms with Crippen molar-refractivity contribution >= 4 is 23.1 Å². The Morgan fingerprint density at radius 2 is 2.11 bits per heavy atom. The van der Waals surface area contributed by atoms with Gasteiger partial charge in [-0.3, -0.25) is 4.79 Å². The molecule has 0 aliphatic heterocycles. The summed E-state index contributed by atoms with van der Waals surface area (Å²) in [5, 5.41) is 0. The zero-order valence-corrected chi connectivity index (χ0v) is 12.1. The quantitative estimate of drug-likeness (QED) is 0.813. The highest BCUT2D eigenvalue weighted by Gasteiger charge is 2.32. The summed E-state index contributed by atoms with van der Waals surface area (Å²) in [6.07, 6.45) is 4.41. The molecule has 1 aromatic carbocycles. The maximum atomic E-state index is 12.5. The molecule has 1 aromatic rings. The number of nitrogens with two attached hydrogens (primary N) is 1. The van der Waals surface area contributed by atoms with Crippen molar-refractivity contribution in [3.8, 4) is 0 Å². The van der Waals surface area contributed by atoms with E-state index in [0.717, 1.165) is 37.8 Å². The van der Waals surface area contributed by atoms with Crippen LogP contribution in [-0.2, 0) is 0 Å². The zero-order valence-electron chi connectivity index (χ0n) is 11.3. The molecule has 0 radical (unpaired) electrons. The lowest BCUT2D eigenvalue weighted by molar-refractivity contribution is 0.0740. The van der Waals surface area contributed by atoms with Gasteiger partial charge in [0.1, 0.15) is 4.99 Å². The molecule has 0 aromatic heterocycles. The Balaban J connectivity index is 2.16. The Kier molecular flexibility index (Phi) is 4.53. The van der Waals surface area contributed by atoms with Gasteiger partial charge in [-0.1, -0.05) is 37.7 Å². The third-order valence-corrected chi connectivity index (χ3v) is 3.63. The van der Waals surface area contributed by atoms with Gasteiger partial charge in [-0.05, 0) is 31.4 Å². The molecule has 1 fully saturated rings. The first-order valence-corrected chi connectivity index (χ1v) is 7.25. The summed E-state index contributed by atoms with van der Waals surface area (Å²) in [6.45, 7) is 2.99. The fourth-order valence-electron chi connectivity index (χ4n) is 2.14. The summed E-state index contributed by atoms with van der Waals surface area (Å²) < 4.78 is 0. The summed E-state index contributed by atoms with van der Waals surface area (Å²) in [7, 11) is 0. The molecular weight excluding hydrogens is 256 g/mol. The Bertz CT molecular complexity index is 483. The van der Waals surface area contributed by atoms with Gasteiger partial charge in [0, 0.05) is 23.7 Å². The maximum absolute atomic E-state index is 12.5. The van der Waals surface area contributed by atoms with E-state index in [1.165, 1.54) is 0 Å². The van der Waals surface area contributed by atoms with Gasteiger partial charge in [0.15, 0.2) is 0 Å². The Morgan fingerprint density at radius 1 is 1.42 bits per heavy atom. The summed E-state index contributed by atoms with van der Waals surface area (Å²) >= 11 is 4.96. The molecule has 2 N–H and O–H groups in total. The van der Waals surface area contributed by atoms with Crippen molar-refractivity contribution in [2.24, 2.45) is 5.73 Å². The minimum atomic E-state index is 0.106. The van der Waals surface area contributed by atoms with E-state index >= 15 is 0 Å². The van der Waals surface area contributed by atoms with E-state index in [4.69, 9.17) is 18.0 Å². The lowest BCUT2D eigenvalue weighted by atomic mass is 10.1. The summed E-state index contributed by atoms with van der Waals surface area (Å²) in [6, 6.07) is 7.75. The largest absolute Gasteiger partial charge is 0.389 e. The van der Waals surface area contributed by atoms with E-state index in [1.807, 2.05) is 23.1 Å². The SMILES string of the molecule is CCCCN(C(=O)c1cccc(C(N)=S)c1)C1CC1. The van der Waals surface area contributed by atoms with Crippen LogP contribution in [0.5, 0.6) is 0 Å². The van der Waals surface area contributed by atoms with E-state index in [1.54, 1.807) is 6.07 Å². The smallest absolute Gasteiger partial charge is 0.254 e. The molecule has 0 bridgehead atoms. The zero-order chi connectivity index (χ0) is 13.8. The molecule has 0 heterocycles. The normalized spacial score (nSPS) is 14.2. The van der Waals surface area contributed by atoms with E-state index in [2.05, 4.69) is 6.92 Å². The third-order valence-electron chi connectivity index (χ3n) is 3.40. The Morgan fingerprint density at radius 3 is 2.68 bits per heavy atom. The summed E-state index contributed by atoms with van der Waals surface area (Å²) in [5.41, 5.74) is 7.06. The molecule has 4 heteroatoms. The highest BCUT2D eigenvalue weighted by molar-refractivity contribution is 7.80. The monoisotopic (exact) mass is 276 g/mol. The minimum Gasteiger partial charge on any atom is -0.389 e. The molecule has 19 heavy (non-hydrogen) atoms. The van der Waals surface area contributed by atoms with Crippen molar-refractivity contribution in [3.63, 3.8) is 0 Å². The molecule has 2 rings (SSSR count). The molecule has 3 nitrogen and oxygen atoms in total. The van der Waals surface area contributed by atoms with Crippen molar-refractivity contribution in [1.82, 2.24) is 4.90 Å². The van der Waals surface area contributed by atoms with Crippen LogP contribution in [0.3, 0.4) is 0 Å². The van der Waals surface area contributed by atoms with Gasteiger partial charge in [-0.25, -0.2) is 0 Å². The molecular formula is C15H20N2OS. The lowest BCUT2D eigenvalue weighted by Crippen LogP contribution is -2.34. The number of nitrogens with zero attached hydrogens (tertiary/aromatic N) is 1. The average Bonchev–Trinajstić information content (AvgIpc) is 3.23. The van der Waals surface area contributed by atoms with E-state index in [0.29, 0.717) is 16.6 Å². The molecule has 1 amide bonds. The second-order valence-corrected chi connectivity index (χ2v) is 5.47. The first-order valence-electron chi connectivity index (χ1n) is 6.84. The van der Waals surface area contributed by atoms with E-state index in [9.17, 15) is 4.79 Å². The number of carbonyl (C=O) groups is 1. The van der Waals surface area contributed by atoms with Gasteiger partial charge in [0.25, 0.3) is 5.91 Å². The molecule has 1 aliphatic carbocycles. The number of rotatable bonds is 6. The van der Waals surface area contributed by atoms with Gasteiger partial charge in [0.2, 0.25) is 0 Å². The van der Waals surface area contributed by atoms with Crippen LogP contribution in [0, 0.1) is 0 Å². The lowest BCUT2D eigenvalue weighted by Gasteiger charge is -2.22. The standard InChI is InChI=1S/C15H20N2OS/c1-2-3-9-17(13-7-8-13)15(18)12-6-4-5-11(10-12)14(16)19/h4-6,10,13H,2-3,7-9H2,1H3,(H2,16,19). The van der Waals surface area contributed by atoms with Gasteiger partial charge in [0.05, 0.1) is 0 Å². The second-order valence-electron chi connectivity index (χ2n) is 5.03. The number of amides is 1. The topological polar surface area (TPSA) is 46.3 Å². The van der Waals surface area contributed by atoms with Crippen LogP contribution < -0.4 is 5.73 Å². The first-order chi connectivity index (χ1) is 9.13. The first kappa shape index (κ1) is 14.0. The Labute approximate surface area is 119 Å². The molecule has 1 aliphatic rings. The number of unbranched alkanes of at least 4 members (excludes halogenated alkanes) is 1. The fourth-order valence-corrected chi connectivity index (χ4v) is 2.26. The second kappa shape index (κ2) is 6.15. The molecule has 0 unspecified atom stereocenters. The van der Waals surface area contributed by atoms with Gasteiger partial charge >= 0.3 is 0 Å². The molecule has 0 spiro atoms. The molecule has 1 saturated carbocycles. The minimum absolute atomic E-state index is 0.106. The predicted octanol–water partition coefficient (Wildman–Crippen LogP) is 2.73. The average molecular weight is 276 g/mol. The van der Waals surface area contributed by atoms with Crippen LogP contribution in [0.15, 0.2) is 24.3 Å². The van der Waals surface area contributed by atoms with Crippen LogP contribution in [-0.4, -0.2) is 28.4 Å². The van der Waals surface area contributed by atoms with Crippen molar-refractivity contribution in [2.75, 3.05) is 6.54 Å². The van der Waals surface area contributed by atoms with Crippen molar-refractivity contribution in [3.05, 3.63) is 35.4 Å². The third kappa shape index (κ3) is 3.53. The Hall–Kier alpha value is -1.42. The van der Waals surface area contributed by atoms with Crippen LogP contribution in [0.25, 0.3) is 0 Å². The number of carbonyl (C=O) groups excluding carboxylic acids is 1. The maximum Gasteiger partial charge on any atom is 0.254 e. The van der Waals surface area contributed by atoms with Gasteiger partial charge in [-0.15, -0.1) is 0 Å². The van der Waals surface area contributed by atoms with Gasteiger partial charge < -0.3 is 10.6 Å². The molecule has 102 valence electrons. The van der Waals surface area contributed by atoms with Crippen molar-refractivity contribution in [1.29, 1.82) is 0 Å². The number of hydrogen-bond donors (Lipinski definition) is 1. The van der Waals surface area contributed by atoms with E-state index in [-0.39, 0.29) is 5.91 Å². The molecule has 0 atom stereocenters. The number of thiocarbonyl (C=S) groups is 1. The number of benzene rings is 1. The van der Waals surface area contributed by atoms with Crippen molar-refractivity contribution < 1.29 is 4.79 Å². The van der Waals surface area contributed by atoms with E-state index < -0.39 is 0 Å². The van der Waals surface area contributed by atoms with Crippen LogP contribution in [0.2, 0.25) is 0 Å². The van der Waals surface area contributed by atoms with Crippen molar-refractivity contribution in [2.45, 2.75) is 38.6 Å². The summed E-state index contributed by atoms with van der Waals surface area (Å²) in [4.78, 5) is 14.9. The highest BCUT2D eigenvalue weighted by Crippen LogP contribution is 2.28. The number of hydrogen-bond acceptors (Lipinski definition) is 2. The van der Waals surface area contributed by atoms with Crippen LogP contribution in [0.4, 0.5) is 0 Å². The van der Waals surface area contributed by atoms with Crippen LogP contribution in [0.1, 0.15) is 48.5 Å². The van der Waals surface area contributed by atoms with Gasteiger partial charge in [-0.2, -0.15) is 0 Å². The highest BCUT2D eigenvalue weighted by atomic mass is 32.1. The molecule has 0 saturated heterocycles. The predicted molar refractivity (Wildman–Crippen MR) is 81.3 cm³/mol. The summed E-state index contributed by atoms with van der Waals surface area (Å²) in [5.74, 6) is 0.106.